The van der Waals surface area contributed by atoms with Crippen molar-refractivity contribution in [3.63, 3.8) is 0 Å². The van der Waals surface area contributed by atoms with Crippen LogP contribution in [0.4, 0.5) is 0 Å². The van der Waals surface area contributed by atoms with Crippen molar-refractivity contribution in [2.45, 2.75) is 18.9 Å². The number of amides is 2. The molecule has 136 valence electrons. The molecule has 2 heterocycles. The van der Waals surface area contributed by atoms with Gasteiger partial charge in [0.2, 0.25) is 11.8 Å². The second-order valence-corrected chi connectivity index (χ2v) is 5.92. The van der Waals surface area contributed by atoms with Crippen molar-refractivity contribution in [1.29, 1.82) is 0 Å². The first-order valence-corrected chi connectivity index (χ1v) is 8.21. The number of carbonyl (C=O) groups is 2. The van der Waals surface area contributed by atoms with Gasteiger partial charge in [-0.15, -0.1) is 0 Å². The topological polar surface area (TPSA) is 108 Å². The maximum absolute atomic E-state index is 12.7. The van der Waals surface area contributed by atoms with Gasteiger partial charge in [-0.25, -0.2) is 0 Å². The number of hydrogen-bond donors (Lipinski definition) is 1. The predicted molar refractivity (Wildman–Crippen MR) is 93.8 cm³/mol. The maximum atomic E-state index is 12.7. The molecule has 3 rings (SSSR count). The molecule has 1 aliphatic rings. The number of nitrogens with two attached hydrogens (primary N) is 1. The number of methoxy groups -OCH3 is 2. The fraction of sp³-hybridized carbons (Fsp3) is 0.333. The number of nitrogens with zero attached hydrogens (tertiary/aromatic N) is 3. The van der Waals surface area contributed by atoms with Gasteiger partial charge in [0, 0.05) is 23.7 Å². The summed E-state index contributed by atoms with van der Waals surface area (Å²) in [4.78, 5) is 34.0. The van der Waals surface area contributed by atoms with Crippen molar-refractivity contribution in [2.75, 3.05) is 20.8 Å². The molecule has 1 aromatic heterocycles. The highest BCUT2D eigenvalue weighted by molar-refractivity contribution is 5.98. The normalized spacial score (nSPS) is 16.4. The number of likely N-dealkylation sites (tertiary alicyclic amines) is 1. The molecule has 0 unspecified atom stereocenters. The zero-order valence-corrected chi connectivity index (χ0v) is 14.6. The highest BCUT2D eigenvalue weighted by Crippen LogP contribution is 2.25. The van der Waals surface area contributed by atoms with E-state index in [4.69, 9.17) is 15.2 Å². The molecule has 2 aromatic rings. The number of hydrogen-bond acceptors (Lipinski definition) is 6. The van der Waals surface area contributed by atoms with Gasteiger partial charge in [0.15, 0.2) is 0 Å². The second kappa shape index (κ2) is 7.38. The molecule has 2 N–H and O–H groups in total. The summed E-state index contributed by atoms with van der Waals surface area (Å²) in [5.74, 6) is -0.281. The number of primary amides is 1. The third-order valence-electron chi connectivity index (χ3n) is 4.34. The van der Waals surface area contributed by atoms with Gasteiger partial charge >= 0.3 is 6.01 Å². The number of carbonyl (C=O) groups excluding carboxylic acids is 2. The molecule has 1 aliphatic heterocycles. The molecule has 0 spiro atoms. The fourth-order valence-electron chi connectivity index (χ4n) is 3.00. The lowest BCUT2D eigenvalue weighted by atomic mass is 10.1. The lowest BCUT2D eigenvalue weighted by Crippen LogP contribution is -2.43. The Labute approximate surface area is 150 Å². The number of ether oxygens (including phenoxy) is 2. The summed E-state index contributed by atoms with van der Waals surface area (Å²) < 4.78 is 10.2. The molecule has 2 amide bonds. The van der Waals surface area contributed by atoms with Gasteiger partial charge in [-0.2, -0.15) is 9.97 Å². The first-order chi connectivity index (χ1) is 12.5. The Morgan fingerprint density at radius 2 is 1.88 bits per heavy atom. The molecule has 8 nitrogen and oxygen atoms in total. The van der Waals surface area contributed by atoms with Crippen LogP contribution in [-0.4, -0.2) is 53.5 Å². The summed E-state index contributed by atoms with van der Waals surface area (Å²) >= 11 is 0. The minimum Gasteiger partial charge on any atom is -0.481 e. The smallest absolute Gasteiger partial charge is 0.320 e. The summed E-state index contributed by atoms with van der Waals surface area (Å²) in [6.07, 6.45) is 1.39. The molecule has 0 radical (unpaired) electrons. The molecule has 0 bridgehead atoms. The largest absolute Gasteiger partial charge is 0.481 e. The molecule has 8 heteroatoms. The Bertz CT molecular complexity index is 800. The zero-order chi connectivity index (χ0) is 18.7. The van der Waals surface area contributed by atoms with Gasteiger partial charge in [0.1, 0.15) is 6.04 Å². The molecular formula is C18H20N4O4. The van der Waals surface area contributed by atoms with Gasteiger partial charge in [-0.1, -0.05) is 12.1 Å². The predicted octanol–water partition coefficient (Wildman–Crippen LogP) is 1.25. The average molecular weight is 356 g/mol. The monoisotopic (exact) mass is 356 g/mol. The van der Waals surface area contributed by atoms with Crippen LogP contribution >= 0.6 is 0 Å². The Balaban J connectivity index is 1.85. The Hall–Kier alpha value is -3.16. The zero-order valence-electron chi connectivity index (χ0n) is 14.6. The van der Waals surface area contributed by atoms with Crippen LogP contribution in [0.1, 0.15) is 23.2 Å². The fourth-order valence-corrected chi connectivity index (χ4v) is 3.00. The van der Waals surface area contributed by atoms with E-state index in [1.807, 2.05) is 0 Å². The highest BCUT2D eigenvalue weighted by Gasteiger charge is 2.33. The second-order valence-electron chi connectivity index (χ2n) is 5.92. The van der Waals surface area contributed by atoms with Gasteiger partial charge in [0.25, 0.3) is 5.91 Å². The van der Waals surface area contributed by atoms with Crippen molar-refractivity contribution in [3.05, 3.63) is 35.9 Å². The Morgan fingerprint density at radius 3 is 2.50 bits per heavy atom. The van der Waals surface area contributed by atoms with Gasteiger partial charge in [-0.3, -0.25) is 9.59 Å². The summed E-state index contributed by atoms with van der Waals surface area (Å²) in [5, 5.41) is 0. The first kappa shape index (κ1) is 17.7. The molecule has 1 atom stereocenters. The van der Waals surface area contributed by atoms with Crippen LogP contribution < -0.4 is 15.2 Å². The van der Waals surface area contributed by atoms with E-state index in [-0.39, 0.29) is 11.9 Å². The number of rotatable bonds is 5. The number of aromatic nitrogens is 2. The van der Waals surface area contributed by atoms with Crippen LogP contribution in [0.2, 0.25) is 0 Å². The van der Waals surface area contributed by atoms with Crippen molar-refractivity contribution in [2.24, 2.45) is 5.73 Å². The van der Waals surface area contributed by atoms with Crippen molar-refractivity contribution < 1.29 is 19.1 Å². The van der Waals surface area contributed by atoms with Gasteiger partial charge in [0.05, 0.1) is 19.9 Å². The first-order valence-electron chi connectivity index (χ1n) is 8.21. The van der Waals surface area contributed by atoms with Crippen LogP contribution in [0.3, 0.4) is 0 Å². The van der Waals surface area contributed by atoms with E-state index >= 15 is 0 Å². The summed E-state index contributed by atoms with van der Waals surface area (Å²) in [6.45, 7) is 0.536. The summed E-state index contributed by atoms with van der Waals surface area (Å²) in [7, 11) is 2.99. The van der Waals surface area contributed by atoms with Crippen molar-refractivity contribution in [3.8, 4) is 23.1 Å². The molecular weight excluding hydrogens is 336 g/mol. The van der Waals surface area contributed by atoms with Gasteiger partial charge in [-0.05, 0) is 25.0 Å². The van der Waals surface area contributed by atoms with E-state index in [9.17, 15) is 9.59 Å². The van der Waals surface area contributed by atoms with Crippen LogP contribution in [0, 0.1) is 0 Å². The van der Waals surface area contributed by atoms with E-state index in [1.165, 1.54) is 19.1 Å². The van der Waals surface area contributed by atoms with Crippen molar-refractivity contribution >= 4 is 11.8 Å². The molecule has 1 saturated heterocycles. The molecule has 0 saturated carbocycles. The third-order valence-corrected chi connectivity index (χ3v) is 4.34. The average Bonchev–Trinajstić information content (AvgIpc) is 3.17. The Kier molecular flexibility index (Phi) is 5.01. The van der Waals surface area contributed by atoms with Crippen LogP contribution in [0.25, 0.3) is 11.3 Å². The van der Waals surface area contributed by atoms with E-state index in [0.29, 0.717) is 30.1 Å². The lowest BCUT2D eigenvalue weighted by molar-refractivity contribution is -0.121. The quantitative estimate of drug-likeness (QED) is 0.864. The summed E-state index contributed by atoms with van der Waals surface area (Å²) in [5.41, 5.74) is 7.28. The van der Waals surface area contributed by atoms with Gasteiger partial charge < -0.3 is 20.1 Å². The standard InChI is InChI=1S/C18H20N4O4/c1-25-15-10-13(20-18(21-15)26-2)11-5-7-12(8-6-11)17(24)22-9-3-4-14(22)16(19)23/h5-8,10,14H,3-4,9H2,1-2H3,(H2,19,23)/t14-/m0/s1. The lowest BCUT2D eigenvalue weighted by Gasteiger charge is -2.22. The highest BCUT2D eigenvalue weighted by atomic mass is 16.5. The van der Waals surface area contributed by atoms with E-state index in [1.54, 1.807) is 30.3 Å². The molecule has 26 heavy (non-hydrogen) atoms. The number of benzene rings is 1. The maximum Gasteiger partial charge on any atom is 0.320 e. The minimum atomic E-state index is -0.530. The van der Waals surface area contributed by atoms with E-state index < -0.39 is 11.9 Å². The van der Waals surface area contributed by atoms with E-state index in [2.05, 4.69) is 9.97 Å². The SMILES string of the molecule is COc1cc(-c2ccc(C(=O)N3CCC[C@H]3C(N)=O)cc2)nc(OC)n1. The van der Waals surface area contributed by atoms with E-state index in [0.717, 1.165) is 12.0 Å². The summed E-state index contributed by atoms with van der Waals surface area (Å²) in [6, 6.07) is 8.32. The third kappa shape index (κ3) is 3.44. The van der Waals surface area contributed by atoms with Crippen molar-refractivity contribution in [1.82, 2.24) is 14.9 Å². The van der Waals surface area contributed by atoms with Crippen LogP contribution in [0.5, 0.6) is 11.9 Å². The van der Waals surface area contributed by atoms with Crippen LogP contribution in [-0.2, 0) is 4.79 Å². The molecule has 1 aromatic carbocycles. The minimum absolute atomic E-state index is 0.195. The van der Waals surface area contributed by atoms with Crippen LogP contribution in [0.15, 0.2) is 30.3 Å². The Morgan fingerprint density at radius 1 is 1.15 bits per heavy atom. The molecule has 0 aliphatic carbocycles. The molecule has 1 fully saturated rings.